The van der Waals surface area contributed by atoms with E-state index in [4.69, 9.17) is 9.66 Å². The fourth-order valence-electron chi connectivity index (χ4n) is 0.883. The first-order valence-electron chi connectivity index (χ1n) is 3.82. The Kier molecular flexibility index (Phi) is 3.59. The predicted octanol–water partition coefficient (Wildman–Crippen LogP) is 0.498. The molecule has 5 nitrogen and oxygen atoms in total. The van der Waals surface area contributed by atoms with Gasteiger partial charge in [0, 0.05) is 0 Å². The summed E-state index contributed by atoms with van der Waals surface area (Å²) in [6.45, 7) is -0.288. The SMILES string of the molecule is O=S(=O)(O)OCc1ccc(CO)cc1. The summed E-state index contributed by atoms with van der Waals surface area (Å²) in [6.07, 6.45) is 0. The van der Waals surface area contributed by atoms with Crippen molar-refractivity contribution in [3.8, 4) is 0 Å². The molecule has 2 N–H and O–H groups in total. The van der Waals surface area contributed by atoms with Crippen LogP contribution in [0, 0.1) is 0 Å². The van der Waals surface area contributed by atoms with Crippen molar-refractivity contribution in [1.82, 2.24) is 0 Å². The van der Waals surface area contributed by atoms with E-state index in [1.54, 1.807) is 24.3 Å². The van der Waals surface area contributed by atoms with E-state index in [0.29, 0.717) is 5.56 Å². The Hall–Kier alpha value is -0.950. The highest BCUT2D eigenvalue weighted by molar-refractivity contribution is 7.80. The Morgan fingerprint density at radius 3 is 2.07 bits per heavy atom. The highest BCUT2D eigenvalue weighted by Gasteiger charge is 2.04. The average Bonchev–Trinajstić information content (AvgIpc) is 2.14. The number of aliphatic hydroxyl groups excluding tert-OH is 1. The second-order valence-electron chi connectivity index (χ2n) is 2.66. The Morgan fingerprint density at radius 2 is 1.64 bits per heavy atom. The zero-order valence-corrected chi connectivity index (χ0v) is 8.07. The van der Waals surface area contributed by atoms with E-state index >= 15 is 0 Å². The normalized spacial score (nSPS) is 11.6. The molecule has 14 heavy (non-hydrogen) atoms. The lowest BCUT2D eigenvalue weighted by atomic mass is 10.1. The van der Waals surface area contributed by atoms with Gasteiger partial charge in [0.25, 0.3) is 0 Å². The fraction of sp³-hybridized carbons (Fsp3) is 0.250. The molecule has 0 aliphatic carbocycles. The van der Waals surface area contributed by atoms with Crippen molar-refractivity contribution < 1.29 is 22.3 Å². The van der Waals surface area contributed by atoms with E-state index in [1.807, 2.05) is 0 Å². The first-order valence-corrected chi connectivity index (χ1v) is 5.18. The molecule has 0 aromatic heterocycles. The van der Waals surface area contributed by atoms with Gasteiger partial charge in [-0.25, -0.2) is 4.18 Å². The first-order chi connectivity index (χ1) is 6.51. The molecule has 0 fully saturated rings. The zero-order chi connectivity index (χ0) is 10.6. The van der Waals surface area contributed by atoms with Gasteiger partial charge in [0.2, 0.25) is 0 Å². The summed E-state index contributed by atoms with van der Waals surface area (Å²) < 4.78 is 32.9. The van der Waals surface area contributed by atoms with E-state index in [-0.39, 0.29) is 13.2 Å². The maximum Gasteiger partial charge on any atom is 0.397 e. The van der Waals surface area contributed by atoms with Gasteiger partial charge in [-0.3, -0.25) is 4.55 Å². The van der Waals surface area contributed by atoms with Crippen molar-refractivity contribution in [2.75, 3.05) is 0 Å². The standard InChI is InChI=1S/C8H10O5S/c9-5-7-1-3-8(4-2-7)6-13-14(10,11)12/h1-4,9H,5-6H2,(H,10,11,12). The smallest absolute Gasteiger partial charge is 0.392 e. The number of hydrogen-bond acceptors (Lipinski definition) is 4. The van der Waals surface area contributed by atoms with Crippen LogP contribution in [0.15, 0.2) is 24.3 Å². The van der Waals surface area contributed by atoms with Crippen molar-refractivity contribution in [1.29, 1.82) is 0 Å². The van der Waals surface area contributed by atoms with E-state index in [0.717, 1.165) is 5.56 Å². The molecular weight excluding hydrogens is 208 g/mol. The van der Waals surface area contributed by atoms with E-state index < -0.39 is 10.4 Å². The van der Waals surface area contributed by atoms with Crippen LogP contribution in [0.2, 0.25) is 0 Å². The Bertz CT molecular complexity index is 381. The lowest BCUT2D eigenvalue weighted by Gasteiger charge is -2.01. The van der Waals surface area contributed by atoms with Crippen LogP contribution in [0.5, 0.6) is 0 Å². The van der Waals surface area contributed by atoms with Gasteiger partial charge in [-0.05, 0) is 11.1 Å². The van der Waals surface area contributed by atoms with Crippen molar-refractivity contribution in [3.63, 3.8) is 0 Å². The minimum Gasteiger partial charge on any atom is -0.392 e. The Labute approximate surface area is 81.9 Å². The van der Waals surface area contributed by atoms with Gasteiger partial charge in [0.05, 0.1) is 13.2 Å². The number of rotatable bonds is 4. The van der Waals surface area contributed by atoms with Gasteiger partial charge in [0.1, 0.15) is 0 Å². The Balaban J connectivity index is 2.61. The molecule has 0 saturated carbocycles. The molecule has 0 aliphatic heterocycles. The summed E-state index contributed by atoms with van der Waals surface area (Å²) >= 11 is 0. The zero-order valence-electron chi connectivity index (χ0n) is 7.25. The topological polar surface area (TPSA) is 83.8 Å². The van der Waals surface area contributed by atoms with Crippen LogP contribution in [0.1, 0.15) is 11.1 Å². The minimum absolute atomic E-state index is 0.0700. The predicted molar refractivity (Wildman–Crippen MR) is 48.7 cm³/mol. The summed E-state index contributed by atoms with van der Waals surface area (Å²) in [7, 11) is -4.39. The summed E-state index contributed by atoms with van der Waals surface area (Å²) in [5, 5.41) is 8.72. The van der Waals surface area contributed by atoms with Gasteiger partial charge < -0.3 is 5.11 Å². The van der Waals surface area contributed by atoms with E-state index in [1.165, 1.54) is 0 Å². The molecule has 6 heteroatoms. The molecule has 1 rings (SSSR count). The maximum atomic E-state index is 10.2. The van der Waals surface area contributed by atoms with Crippen LogP contribution < -0.4 is 0 Å². The van der Waals surface area contributed by atoms with Crippen molar-refractivity contribution in [2.24, 2.45) is 0 Å². The molecule has 0 saturated heterocycles. The van der Waals surface area contributed by atoms with Crippen molar-refractivity contribution in [3.05, 3.63) is 35.4 Å². The van der Waals surface area contributed by atoms with Crippen LogP contribution in [-0.4, -0.2) is 18.1 Å². The number of benzene rings is 1. The third kappa shape index (κ3) is 3.84. The highest BCUT2D eigenvalue weighted by atomic mass is 32.3. The van der Waals surface area contributed by atoms with Gasteiger partial charge >= 0.3 is 10.4 Å². The fourth-order valence-corrected chi connectivity index (χ4v) is 1.17. The quantitative estimate of drug-likeness (QED) is 0.719. The molecule has 78 valence electrons. The second-order valence-corrected chi connectivity index (χ2v) is 3.76. The van der Waals surface area contributed by atoms with Crippen molar-refractivity contribution in [2.45, 2.75) is 13.2 Å². The van der Waals surface area contributed by atoms with Crippen LogP contribution >= 0.6 is 0 Å². The van der Waals surface area contributed by atoms with Gasteiger partial charge in [-0.2, -0.15) is 8.42 Å². The molecule has 0 aliphatic rings. The molecule has 0 bridgehead atoms. The lowest BCUT2D eigenvalue weighted by Crippen LogP contribution is -2.03. The van der Waals surface area contributed by atoms with Gasteiger partial charge in [-0.15, -0.1) is 0 Å². The summed E-state index contributed by atoms with van der Waals surface area (Å²) in [4.78, 5) is 0. The highest BCUT2D eigenvalue weighted by Crippen LogP contribution is 2.06. The van der Waals surface area contributed by atoms with E-state index in [2.05, 4.69) is 4.18 Å². The van der Waals surface area contributed by atoms with E-state index in [9.17, 15) is 8.42 Å². The largest absolute Gasteiger partial charge is 0.397 e. The molecule has 0 spiro atoms. The molecular formula is C8H10O5S. The molecule has 1 aromatic rings. The molecule has 0 heterocycles. The molecule has 0 amide bonds. The van der Waals surface area contributed by atoms with Crippen LogP contribution in [0.4, 0.5) is 0 Å². The van der Waals surface area contributed by atoms with Crippen molar-refractivity contribution >= 4 is 10.4 Å². The number of hydrogen-bond donors (Lipinski definition) is 2. The molecule has 0 atom stereocenters. The minimum atomic E-state index is -4.39. The van der Waals surface area contributed by atoms with Crippen LogP contribution in [-0.2, 0) is 27.8 Å². The van der Waals surface area contributed by atoms with Crippen LogP contribution in [0.25, 0.3) is 0 Å². The summed E-state index contributed by atoms with van der Waals surface area (Å²) in [6, 6.07) is 6.50. The van der Waals surface area contributed by atoms with Gasteiger partial charge in [0.15, 0.2) is 0 Å². The monoisotopic (exact) mass is 218 g/mol. The summed E-state index contributed by atoms with van der Waals surface area (Å²) in [5.41, 5.74) is 1.32. The average molecular weight is 218 g/mol. The second kappa shape index (κ2) is 4.52. The maximum absolute atomic E-state index is 10.2. The third-order valence-electron chi connectivity index (χ3n) is 1.58. The third-order valence-corrected chi connectivity index (χ3v) is 2.00. The lowest BCUT2D eigenvalue weighted by molar-refractivity contribution is 0.259. The summed E-state index contributed by atoms with van der Waals surface area (Å²) in [5.74, 6) is 0. The first kappa shape index (κ1) is 11.1. The number of aliphatic hydroxyl groups is 1. The van der Waals surface area contributed by atoms with Crippen LogP contribution in [0.3, 0.4) is 0 Å². The molecule has 1 aromatic carbocycles. The Morgan fingerprint density at radius 1 is 1.14 bits per heavy atom. The van der Waals surface area contributed by atoms with Gasteiger partial charge in [-0.1, -0.05) is 24.3 Å². The molecule has 0 radical (unpaired) electrons. The molecule has 0 unspecified atom stereocenters.